The second kappa shape index (κ2) is 9.54. The van der Waals surface area contributed by atoms with Gasteiger partial charge in [0.2, 0.25) is 0 Å². The highest BCUT2D eigenvalue weighted by Gasteiger charge is 1.73. The van der Waals surface area contributed by atoms with Crippen molar-refractivity contribution in [2.24, 2.45) is 0 Å². The van der Waals surface area contributed by atoms with Crippen molar-refractivity contribution in [3.63, 3.8) is 0 Å². The van der Waals surface area contributed by atoms with E-state index in [1.807, 2.05) is 7.05 Å². The number of rotatable bonds is 3. The largest absolute Gasteiger partial charge is 0.320 e. The van der Waals surface area contributed by atoms with Crippen molar-refractivity contribution in [2.45, 2.75) is 19.8 Å². The highest BCUT2D eigenvalue weighted by molar-refractivity contribution is 5.85. The summed E-state index contributed by atoms with van der Waals surface area (Å²) in [5.41, 5.74) is 0. The van der Waals surface area contributed by atoms with Crippen LogP contribution in [0.1, 0.15) is 19.8 Å². The minimum Gasteiger partial charge on any atom is -0.320 e. The topological polar surface area (TPSA) is 12.0 Å². The van der Waals surface area contributed by atoms with Crippen LogP contribution in [0.4, 0.5) is 0 Å². The van der Waals surface area contributed by atoms with E-state index in [0.29, 0.717) is 0 Å². The Kier molecular flexibility index (Phi) is 14.0. The van der Waals surface area contributed by atoms with Gasteiger partial charge in [0.15, 0.2) is 0 Å². The number of halogens is 1. The smallest absolute Gasteiger partial charge is 0.00520 e. The summed E-state index contributed by atoms with van der Waals surface area (Å²) >= 11 is 0. The molecule has 0 unspecified atom stereocenters. The zero-order chi connectivity index (χ0) is 4.83. The Morgan fingerprint density at radius 3 is 2.14 bits per heavy atom. The van der Waals surface area contributed by atoms with Crippen molar-refractivity contribution in [1.82, 2.24) is 5.32 Å². The average molecular weight is 124 g/mol. The standard InChI is InChI=1S/C5H13N.ClH/c1-3-4-5-6-2;/h6H,3-5H2,1-2H3;1H. The van der Waals surface area contributed by atoms with Crippen LogP contribution >= 0.6 is 12.4 Å². The van der Waals surface area contributed by atoms with Crippen LogP contribution in [0.5, 0.6) is 0 Å². The molecule has 0 aliphatic rings. The Hall–Kier alpha value is 0.250. The Morgan fingerprint density at radius 1 is 1.43 bits per heavy atom. The van der Waals surface area contributed by atoms with Crippen molar-refractivity contribution < 1.29 is 0 Å². The molecule has 1 nitrogen and oxygen atoms in total. The molecular weight excluding hydrogens is 110 g/mol. The molecule has 46 valence electrons. The Labute approximate surface area is 51.9 Å². The summed E-state index contributed by atoms with van der Waals surface area (Å²) < 4.78 is 0. The van der Waals surface area contributed by atoms with E-state index >= 15 is 0 Å². The number of hydrogen-bond acceptors (Lipinski definition) is 1. The molecule has 7 heavy (non-hydrogen) atoms. The highest BCUT2D eigenvalue weighted by atomic mass is 35.5. The maximum absolute atomic E-state index is 3.07. The Bertz CT molecular complexity index is 20.0. The fraction of sp³-hybridized carbons (Fsp3) is 1.00. The Morgan fingerprint density at radius 2 is 2.00 bits per heavy atom. The van der Waals surface area contributed by atoms with Gasteiger partial charge in [-0.05, 0) is 20.0 Å². The highest BCUT2D eigenvalue weighted by Crippen LogP contribution is 1.79. The van der Waals surface area contributed by atoms with Gasteiger partial charge in [-0.1, -0.05) is 13.3 Å². The van der Waals surface area contributed by atoms with Crippen LogP contribution in [-0.4, -0.2) is 13.6 Å². The van der Waals surface area contributed by atoms with Gasteiger partial charge in [0.05, 0.1) is 0 Å². The van der Waals surface area contributed by atoms with Gasteiger partial charge in [-0.3, -0.25) is 0 Å². The molecule has 0 aromatic rings. The zero-order valence-corrected chi connectivity index (χ0v) is 5.85. The van der Waals surface area contributed by atoms with E-state index in [9.17, 15) is 0 Å². The van der Waals surface area contributed by atoms with Crippen LogP contribution in [0.25, 0.3) is 0 Å². The summed E-state index contributed by atoms with van der Waals surface area (Å²) in [6.07, 6.45) is 2.59. The monoisotopic (exact) mass is 123 g/mol. The summed E-state index contributed by atoms with van der Waals surface area (Å²) in [5, 5.41) is 3.07. The maximum atomic E-state index is 3.07. The lowest BCUT2D eigenvalue weighted by Crippen LogP contribution is -2.06. The molecule has 0 aromatic heterocycles. The van der Waals surface area contributed by atoms with Crippen LogP contribution < -0.4 is 5.32 Å². The number of nitrogens with one attached hydrogen (secondary N) is 1. The van der Waals surface area contributed by atoms with Crippen LogP contribution in [0.3, 0.4) is 0 Å². The van der Waals surface area contributed by atoms with Crippen LogP contribution in [0.15, 0.2) is 0 Å². The first-order valence-corrected chi connectivity index (χ1v) is 2.56. The fourth-order valence-electron chi connectivity index (χ4n) is 0.354. The summed E-state index contributed by atoms with van der Waals surface area (Å²) in [7, 11) is 1.98. The van der Waals surface area contributed by atoms with Gasteiger partial charge in [0, 0.05) is 0 Å². The van der Waals surface area contributed by atoms with E-state index < -0.39 is 0 Å². The van der Waals surface area contributed by atoms with Crippen molar-refractivity contribution in [1.29, 1.82) is 0 Å². The van der Waals surface area contributed by atoms with E-state index in [-0.39, 0.29) is 12.4 Å². The van der Waals surface area contributed by atoms with Gasteiger partial charge < -0.3 is 5.32 Å². The molecule has 0 fully saturated rings. The molecule has 0 saturated carbocycles. The van der Waals surface area contributed by atoms with Crippen molar-refractivity contribution in [3.8, 4) is 0 Å². The minimum atomic E-state index is 0. The first-order valence-electron chi connectivity index (χ1n) is 2.56. The van der Waals surface area contributed by atoms with Crippen LogP contribution in [0.2, 0.25) is 0 Å². The van der Waals surface area contributed by atoms with Crippen LogP contribution in [0, 0.1) is 0 Å². The van der Waals surface area contributed by atoms with Gasteiger partial charge in [0.25, 0.3) is 0 Å². The first-order chi connectivity index (χ1) is 2.91. The molecule has 0 atom stereocenters. The second-order valence-electron chi connectivity index (χ2n) is 1.46. The quantitative estimate of drug-likeness (QED) is 0.560. The first kappa shape index (κ1) is 10.3. The minimum absolute atomic E-state index is 0. The van der Waals surface area contributed by atoms with E-state index in [4.69, 9.17) is 0 Å². The van der Waals surface area contributed by atoms with E-state index in [1.54, 1.807) is 0 Å². The molecule has 0 spiro atoms. The molecule has 0 aliphatic heterocycles. The number of unbranched alkanes of at least 4 members (excludes halogenated alkanes) is 1. The molecule has 0 radical (unpaired) electrons. The predicted molar refractivity (Wildman–Crippen MR) is 36.1 cm³/mol. The normalized spacial score (nSPS) is 7.71. The molecule has 0 rings (SSSR count). The molecular formula is C5H14ClN. The van der Waals surface area contributed by atoms with Gasteiger partial charge >= 0.3 is 0 Å². The van der Waals surface area contributed by atoms with Gasteiger partial charge in [0.1, 0.15) is 0 Å². The Balaban J connectivity index is 0. The SMILES string of the molecule is CCCCNC.Cl. The molecule has 0 amide bonds. The third-order valence-electron chi connectivity index (χ3n) is 0.780. The third-order valence-corrected chi connectivity index (χ3v) is 0.780. The molecule has 2 heteroatoms. The number of hydrogen-bond donors (Lipinski definition) is 1. The lowest BCUT2D eigenvalue weighted by Gasteiger charge is -1.89. The van der Waals surface area contributed by atoms with E-state index in [1.165, 1.54) is 12.8 Å². The maximum Gasteiger partial charge on any atom is -0.00520 e. The average Bonchev–Trinajstić information content (AvgIpc) is 1.61. The predicted octanol–water partition coefficient (Wildman–Crippen LogP) is 1.43. The van der Waals surface area contributed by atoms with Gasteiger partial charge in [-0.2, -0.15) is 0 Å². The zero-order valence-electron chi connectivity index (χ0n) is 5.03. The lowest BCUT2D eigenvalue weighted by molar-refractivity contribution is 0.711. The second-order valence-corrected chi connectivity index (χ2v) is 1.46. The van der Waals surface area contributed by atoms with Crippen LogP contribution in [-0.2, 0) is 0 Å². The van der Waals surface area contributed by atoms with Crippen molar-refractivity contribution >= 4 is 12.4 Å². The van der Waals surface area contributed by atoms with E-state index in [0.717, 1.165) is 6.54 Å². The molecule has 1 N–H and O–H groups in total. The molecule has 0 aliphatic carbocycles. The summed E-state index contributed by atoms with van der Waals surface area (Å²) in [5.74, 6) is 0. The lowest BCUT2D eigenvalue weighted by atomic mass is 10.3. The molecule has 0 aromatic carbocycles. The summed E-state index contributed by atoms with van der Waals surface area (Å²) in [4.78, 5) is 0. The molecule has 0 saturated heterocycles. The molecule has 0 heterocycles. The third kappa shape index (κ3) is 10.7. The van der Waals surface area contributed by atoms with Gasteiger partial charge in [-0.25, -0.2) is 0 Å². The van der Waals surface area contributed by atoms with Crippen molar-refractivity contribution in [3.05, 3.63) is 0 Å². The van der Waals surface area contributed by atoms with Gasteiger partial charge in [-0.15, -0.1) is 12.4 Å². The fourth-order valence-corrected chi connectivity index (χ4v) is 0.354. The van der Waals surface area contributed by atoms with Crippen molar-refractivity contribution in [2.75, 3.05) is 13.6 Å². The summed E-state index contributed by atoms with van der Waals surface area (Å²) in [6, 6.07) is 0. The van der Waals surface area contributed by atoms with E-state index in [2.05, 4.69) is 12.2 Å². The molecule has 0 bridgehead atoms. The summed E-state index contributed by atoms with van der Waals surface area (Å²) in [6.45, 7) is 3.36.